The maximum Gasteiger partial charge on any atom is 0.212 e. The smallest absolute Gasteiger partial charge is 0.212 e. The number of halogens is 2. The molecule has 0 unspecified atom stereocenters. The molecule has 3 aromatic rings. The molecule has 0 atom stereocenters. The van der Waals surface area contributed by atoms with Crippen LogP contribution in [-0.2, 0) is 6.54 Å². The van der Waals surface area contributed by atoms with Crippen molar-refractivity contribution in [1.82, 2.24) is 0 Å². The third kappa shape index (κ3) is 3.53. The van der Waals surface area contributed by atoms with Crippen LogP contribution >= 0.6 is 0 Å². The largest absolute Gasteiger partial charge is 1.00 e. The third-order valence-corrected chi connectivity index (χ3v) is 3.61. The summed E-state index contributed by atoms with van der Waals surface area (Å²) in [5, 5.41) is 1.23. The van der Waals surface area contributed by atoms with Crippen molar-refractivity contribution in [2.75, 3.05) is 0 Å². The van der Waals surface area contributed by atoms with Crippen LogP contribution < -0.4 is 28.5 Å². The number of nitrogens with zero attached hydrogens (tertiary/aromatic N) is 1. The van der Waals surface area contributed by atoms with Crippen LogP contribution in [0, 0.1) is 5.82 Å². The molecular formula is C19H17FIN. The Morgan fingerprint density at radius 2 is 1.64 bits per heavy atom. The summed E-state index contributed by atoms with van der Waals surface area (Å²) in [4.78, 5) is 0. The minimum atomic E-state index is -0.207. The molecule has 0 aliphatic heterocycles. The van der Waals surface area contributed by atoms with E-state index in [1.165, 1.54) is 23.0 Å². The quantitative estimate of drug-likeness (QED) is 0.459. The Balaban J connectivity index is 0.00000176. The lowest BCUT2D eigenvalue weighted by atomic mass is 10.1. The highest BCUT2D eigenvalue weighted by molar-refractivity contribution is 5.77. The lowest BCUT2D eigenvalue weighted by Crippen LogP contribution is -3.00. The van der Waals surface area contributed by atoms with E-state index in [0.29, 0.717) is 0 Å². The van der Waals surface area contributed by atoms with E-state index in [0.717, 1.165) is 17.8 Å². The molecule has 0 saturated heterocycles. The van der Waals surface area contributed by atoms with Crippen LogP contribution in [0.5, 0.6) is 0 Å². The molecule has 0 spiro atoms. The van der Waals surface area contributed by atoms with E-state index in [2.05, 4.69) is 54.0 Å². The summed E-state index contributed by atoms with van der Waals surface area (Å²) in [5.74, 6) is -0.207. The Kier molecular flexibility index (Phi) is 5.66. The van der Waals surface area contributed by atoms with Crippen molar-refractivity contribution >= 4 is 23.1 Å². The van der Waals surface area contributed by atoms with Gasteiger partial charge >= 0.3 is 0 Å². The number of fused-ring (bicyclic) bond motifs is 1. The third-order valence-electron chi connectivity index (χ3n) is 3.61. The molecule has 0 radical (unpaired) electrons. The van der Waals surface area contributed by atoms with E-state index in [1.54, 1.807) is 12.1 Å². The number of benzene rings is 2. The molecule has 22 heavy (non-hydrogen) atoms. The molecule has 0 aliphatic rings. The van der Waals surface area contributed by atoms with Gasteiger partial charge in [-0.3, -0.25) is 0 Å². The maximum atomic E-state index is 12.9. The Morgan fingerprint density at radius 1 is 0.909 bits per heavy atom. The fourth-order valence-electron chi connectivity index (χ4n) is 2.53. The first-order chi connectivity index (χ1) is 10.3. The van der Waals surface area contributed by atoms with Crippen LogP contribution in [0.1, 0.15) is 18.2 Å². The average Bonchev–Trinajstić information content (AvgIpc) is 2.53. The molecule has 0 aliphatic carbocycles. The maximum absolute atomic E-state index is 12.9. The number of para-hydroxylation sites is 1. The van der Waals surface area contributed by atoms with Gasteiger partial charge in [0.15, 0.2) is 0 Å². The summed E-state index contributed by atoms with van der Waals surface area (Å²) < 4.78 is 15.2. The van der Waals surface area contributed by atoms with Crippen molar-refractivity contribution in [3.8, 4) is 0 Å². The molecule has 0 fully saturated rings. The Bertz CT molecular complexity index is 794. The van der Waals surface area contributed by atoms with E-state index in [4.69, 9.17) is 0 Å². The van der Waals surface area contributed by atoms with Gasteiger partial charge in [-0.25, -0.2) is 4.39 Å². The van der Waals surface area contributed by atoms with Gasteiger partial charge in [0.25, 0.3) is 0 Å². The molecule has 1 heterocycles. The van der Waals surface area contributed by atoms with Gasteiger partial charge in [-0.1, -0.05) is 24.3 Å². The topological polar surface area (TPSA) is 3.88 Å². The van der Waals surface area contributed by atoms with Gasteiger partial charge in [0.05, 0.1) is 0 Å². The number of hydrogen-bond acceptors (Lipinski definition) is 0. The second-order valence-corrected chi connectivity index (χ2v) is 4.95. The van der Waals surface area contributed by atoms with E-state index in [9.17, 15) is 4.39 Å². The molecule has 112 valence electrons. The fraction of sp³-hybridized carbons (Fsp3) is 0.105. The average molecular weight is 405 g/mol. The van der Waals surface area contributed by atoms with E-state index in [1.807, 2.05) is 6.08 Å². The van der Waals surface area contributed by atoms with Crippen molar-refractivity contribution in [1.29, 1.82) is 0 Å². The van der Waals surface area contributed by atoms with E-state index < -0.39 is 0 Å². The normalized spacial score (nSPS) is 10.8. The van der Waals surface area contributed by atoms with Crippen molar-refractivity contribution < 1.29 is 32.9 Å². The Hall–Kier alpha value is -1.75. The first-order valence-corrected chi connectivity index (χ1v) is 7.13. The van der Waals surface area contributed by atoms with Gasteiger partial charge in [0, 0.05) is 23.6 Å². The van der Waals surface area contributed by atoms with Gasteiger partial charge in [-0.05, 0) is 42.8 Å². The van der Waals surface area contributed by atoms with Crippen molar-refractivity contribution in [3.63, 3.8) is 0 Å². The zero-order valence-corrected chi connectivity index (χ0v) is 14.5. The van der Waals surface area contributed by atoms with Crippen LogP contribution in [0.15, 0.2) is 60.7 Å². The highest BCUT2D eigenvalue weighted by Crippen LogP contribution is 2.13. The first kappa shape index (κ1) is 16.6. The van der Waals surface area contributed by atoms with E-state index in [-0.39, 0.29) is 29.8 Å². The molecule has 0 bridgehead atoms. The zero-order chi connectivity index (χ0) is 14.7. The standard InChI is InChI=1S/C19H17FN.HI/c1-2-21-18(13-9-15-7-11-17(20)12-8-15)14-10-16-5-3-4-6-19(16)21;/h3-14H,2H2,1H3;1H/q+1;/p-1/b13-9+;. The second-order valence-electron chi connectivity index (χ2n) is 4.95. The minimum absolute atomic E-state index is 0. The molecule has 1 aromatic heterocycles. The predicted octanol–water partition coefficient (Wildman–Crippen LogP) is 1.46. The lowest BCUT2D eigenvalue weighted by Gasteiger charge is -2.02. The number of aryl methyl sites for hydroxylation is 1. The highest BCUT2D eigenvalue weighted by atomic mass is 127. The Morgan fingerprint density at radius 3 is 2.36 bits per heavy atom. The first-order valence-electron chi connectivity index (χ1n) is 7.13. The van der Waals surface area contributed by atoms with Gasteiger partial charge in [-0.15, -0.1) is 0 Å². The predicted molar refractivity (Wildman–Crippen MR) is 85.1 cm³/mol. The van der Waals surface area contributed by atoms with Crippen molar-refractivity contribution in [2.24, 2.45) is 0 Å². The summed E-state index contributed by atoms with van der Waals surface area (Å²) in [6, 6.07) is 19.1. The van der Waals surface area contributed by atoms with Crippen molar-refractivity contribution in [3.05, 3.63) is 77.7 Å². The summed E-state index contributed by atoms with van der Waals surface area (Å²) in [7, 11) is 0. The Labute approximate surface area is 147 Å². The molecule has 0 saturated carbocycles. The number of aromatic nitrogens is 1. The van der Waals surface area contributed by atoms with Crippen LogP contribution in [-0.4, -0.2) is 0 Å². The molecule has 3 heteroatoms. The molecule has 3 rings (SSSR count). The summed E-state index contributed by atoms with van der Waals surface area (Å²) >= 11 is 0. The molecular weight excluding hydrogens is 388 g/mol. The van der Waals surface area contributed by atoms with Gasteiger partial charge in [0.1, 0.15) is 12.4 Å². The molecule has 0 N–H and O–H groups in total. The summed E-state index contributed by atoms with van der Waals surface area (Å²) in [5.41, 5.74) is 3.36. The highest BCUT2D eigenvalue weighted by Gasteiger charge is 2.10. The summed E-state index contributed by atoms with van der Waals surface area (Å²) in [6.45, 7) is 3.05. The molecule has 1 nitrogen and oxygen atoms in total. The molecule has 2 aromatic carbocycles. The van der Waals surface area contributed by atoms with Crippen LogP contribution in [0.25, 0.3) is 23.1 Å². The lowest BCUT2D eigenvalue weighted by molar-refractivity contribution is -0.669. The zero-order valence-electron chi connectivity index (χ0n) is 12.3. The number of pyridine rings is 1. The SMILES string of the molecule is CC[n+]1c(/C=C/c2ccc(F)cc2)ccc2ccccc21.[I-]. The minimum Gasteiger partial charge on any atom is -1.00 e. The van der Waals surface area contributed by atoms with Gasteiger partial charge in [0.2, 0.25) is 11.2 Å². The number of hydrogen-bond donors (Lipinski definition) is 0. The second kappa shape index (κ2) is 7.49. The monoisotopic (exact) mass is 405 g/mol. The van der Waals surface area contributed by atoms with Crippen LogP contribution in [0.4, 0.5) is 4.39 Å². The summed E-state index contributed by atoms with van der Waals surface area (Å²) in [6.07, 6.45) is 4.08. The van der Waals surface area contributed by atoms with Gasteiger partial charge < -0.3 is 24.0 Å². The van der Waals surface area contributed by atoms with Crippen LogP contribution in [0.3, 0.4) is 0 Å². The molecule has 0 amide bonds. The van der Waals surface area contributed by atoms with E-state index >= 15 is 0 Å². The number of rotatable bonds is 3. The fourth-order valence-corrected chi connectivity index (χ4v) is 2.53. The van der Waals surface area contributed by atoms with Crippen molar-refractivity contribution in [2.45, 2.75) is 13.5 Å². The van der Waals surface area contributed by atoms with Gasteiger partial charge in [-0.2, -0.15) is 4.57 Å². The van der Waals surface area contributed by atoms with Crippen LogP contribution in [0.2, 0.25) is 0 Å².